The maximum absolute atomic E-state index is 13.8. The van der Waals surface area contributed by atoms with E-state index >= 15 is 0 Å². The lowest BCUT2D eigenvalue weighted by molar-refractivity contribution is -0.139. The molecule has 1 atom stereocenters. The second-order valence-corrected chi connectivity index (χ2v) is 11.4. The Morgan fingerprint density at radius 2 is 1.59 bits per heavy atom. The van der Waals surface area contributed by atoms with Gasteiger partial charge in [0.25, 0.3) is 10.0 Å². The van der Waals surface area contributed by atoms with Gasteiger partial charge in [0.15, 0.2) is 0 Å². The van der Waals surface area contributed by atoms with E-state index in [1.807, 2.05) is 31.2 Å². The van der Waals surface area contributed by atoms with Crippen LogP contribution in [-0.4, -0.2) is 44.3 Å². The molecule has 3 rings (SSSR count). The summed E-state index contributed by atoms with van der Waals surface area (Å²) >= 11 is 3.45. The van der Waals surface area contributed by atoms with Gasteiger partial charge in [0.05, 0.1) is 10.6 Å². The van der Waals surface area contributed by atoms with Gasteiger partial charge in [0.1, 0.15) is 12.6 Å². The van der Waals surface area contributed by atoms with Crippen LogP contribution in [0.4, 0.5) is 5.69 Å². The normalized spacial score (nSPS) is 12.0. The molecule has 0 spiro atoms. The van der Waals surface area contributed by atoms with Crippen molar-refractivity contribution in [2.24, 2.45) is 0 Å². The molecule has 0 aliphatic carbocycles. The Kier molecular flexibility index (Phi) is 10.3. The summed E-state index contributed by atoms with van der Waals surface area (Å²) in [7, 11) is -4.05. The fraction of sp³-hybridized carbons (Fsp3) is 0.286. The van der Waals surface area contributed by atoms with Crippen LogP contribution in [0.2, 0.25) is 0 Å². The summed E-state index contributed by atoms with van der Waals surface area (Å²) in [6.45, 7) is 3.90. The molecular formula is C28H32BrN3O4S. The van der Waals surface area contributed by atoms with Crippen molar-refractivity contribution in [1.29, 1.82) is 0 Å². The highest BCUT2D eigenvalue weighted by molar-refractivity contribution is 9.10. The molecule has 3 aromatic carbocycles. The van der Waals surface area contributed by atoms with Gasteiger partial charge in [-0.2, -0.15) is 0 Å². The number of anilines is 1. The van der Waals surface area contributed by atoms with Crippen molar-refractivity contribution in [2.75, 3.05) is 17.4 Å². The quantitative estimate of drug-likeness (QED) is 0.304. The van der Waals surface area contributed by atoms with Crippen molar-refractivity contribution in [3.05, 3.63) is 95.0 Å². The zero-order chi connectivity index (χ0) is 26.8. The van der Waals surface area contributed by atoms with E-state index in [1.165, 1.54) is 17.0 Å². The molecule has 0 aliphatic heterocycles. The maximum atomic E-state index is 13.8. The van der Waals surface area contributed by atoms with Crippen molar-refractivity contribution in [3.63, 3.8) is 0 Å². The zero-order valence-corrected chi connectivity index (χ0v) is 23.4. The number of sulfonamides is 1. The van der Waals surface area contributed by atoms with Crippen molar-refractivity contribution >= 4 is 43.5 Å². The SMILES string of the molecule is CCCCNC(=O)[C@@H](C)N(Cc1cccc(Br)c1)C(=O)CN(c1ccccc1)S(=O)(=O)c1ccccc1. The van der Waals surface area contributed by atoms with Crippen molar-refractivity contribution in [3.8, 4) is 0 Å². The second-order valence-electron chi connectivity index (χ2n) is 8.63. The highest BCUT2D eigenvalue weighted by atomic mass is 79.9. The van der Waals surface area contributed by atoms with Gasteiger partial charge in [0.2, 0.25) is 11.8 Å². The first-order valence-corrected chi connectivity index (χ1v) is 14.4. The van der Waals surface area contributed by atoms with Gasteiger partial charge in [-0.25, -0.2) is 8.42 Å². The number of carbonyl (C=O) groups excluding carboxylic acids is 2. The van der Waals surface area contributed by atoms with E-state index in [0.29, 0.717) is 12.2 Å². The third-order valence-corrected chi connectivity index (χ3v) is 8.17. The van der Waals surface area contributed by atoms with E-state index in [2.05, 4.69) is 21.2 Å². The average Bonchev–Trinajstić information content (AvgIpc) is 2.91. The maximum Gasteiger partial charge on any atom is 0.264 e. The molecule has 1 N–H and O–H groups in total. The van der Waals surface area contributed by atoms with Crippen molar-refractivity contribution < 1.29 is 18.0 Å². The van der Waals surface area contributed by atoms with E-state index in [9.17, 15) is 18.0 Å². The molecule has 0 aromatic heterocycles. The molecule has 0 aliphatic rings. The molecule has 0 bridgehead atoms. The van der Waals surface area contributed by atoms with E-state index in [-0.39, 0.29) is 17.3 Å². The van der Waals surface area contributed by atoms with Crippen LogP contribution in [0.15, 0.2) is 94.3 Å². The van der Waals surface area contributed by atoms with Gasteiger partial charge >= 0.3 is 0 Å². The highest BCUT2D eigenvalue weighted by Gasteiger charge is 2.32. The Hall–Kier alpha value is -3.17. The molecule has 0 heterocycles. The lowest BCUT2D eigenvalue weighted by atomic mass is 10.1. The number of rotatable bonds is 12. The molecule has 9 heteroatoms. The first kappa shape index (κ1) is 28.4. The molecule has 0 fully saturated rings. The highest BCUT2D eigenvalue weighted by Crippen LogP contribution is 2.24. The fourth-order valence-electron chi connectivity index (χ4n) is 3.79. The molecule has 0 saturated carbocycles. The number of hydrogen-bond donors (Lipinski definition) is 1. The van der Waals surface area contributed by atoms with E-state index < -0.39 is 28.5 Å². The van der Waals surface area contributed by atoms with Crippen molar-refractivity contribution in [2.45, 2.75) is 44.2 Å². The third-order valence-electron chi connectivity index (χ3n) is 5.89. The summed E-state index contributed by atoms with van der Waals surface area (Å²) in [5.74, 6) is -0.768. The minimum Gasteiger partial charge on any atom is -0.354 e. The predicted molar refractivity (Wildman–Crippen MR) is 149 cm³/mol. The number of nitrogens with one attached hydrogen (secondary N) is 1. The standard InChI is InChI=1S/C28H32BrN3O4S/c1-3-4-18-30-28(34)22(2)31(20-23-12-11-13-24(29)19-23)27(33)21-32(25-14-7-5-8-15-25)37(35,36)26-16-9-6-10-17-26/h5-17,19,22H,3-4,18,20-21H2,1-2H3,(H,30,34)/t22-/m1/s1. The van der Waals surface area contributed by atoms with Crippen LogP contribution >= 0.6 is 15.9 Å². The van der Waals surface area contributed by atoms with Gasteiger partial charge in [0, 0.05) is 17.6 Å². The van der Waals surface area contributed by atoms with Crippen LogP contribution in [0.3, 0.4) is 0 Å². The molecule has 0 radical (unpaired) electrons. The Labute approximate surface area is 227 Å². The van der Waals surface area contributed by atoms with Crippen LogP contribution in [0, 0.1) is 0 Å². The number of nitrogens with zero attached hydrogens (tertiary/aromatic N) is 2. The summed E-state index contributed by atoms with van der Waals surface area (Å²) < 4.78 is 29.2. The molecule has 7 nitrogen and oxygen atoms in total. The van der Waals surface area contributed by atoms with Crippen LogP contribution in [0.5, 0.6) is 0 Å². The van der Waals surface area contributed by atoms with E-state index in [0.717, 1.165) is 27.2 Å². The number of amides is 2. The lowest BCUT2D eigenvalue weighted by Gasteiger charge is -2.32. The van der Waals surface area contributed by atoms with Crippen LogP contribution in [-0.2, 0) is 26.2 Å². The first-order valence-electron chi connectivity index (χ1n) is 12.2. The molecule has 2 amide bonds. The van der Waals surface area contributed by atoms with Crippen LogP contribution < -0.4 is 9.62 Å². The Morgan fingerprint density at radius 3 is 2.22 bits per heavy atom. The number of carbonyl (C=O) groups is 2. The first-order chi connectivity index (χ1) is 17.7. The predicted octanol–water partition coefficient (Wildman–Crippen LogP) is 4.98. The van der Waals surface area contributed by atoms with Gasteiger partial charge in [-0.1, -0.05) is 77.8 Å². The molecule has 0 unspecified atom stereocenters. The summed E-state index contributed by atoms with van der Waals surface area (Å²) in [6.07, 6.45) is 1.76. The topological polar surface area (TPSA) is 86.8 Å². The average molecular weight is 587 g/mol. The van der Waals surface area contributed by atoms with Crippen molar-refractivity contribution in [1.82, 2.24) is 10.2 Å². The van der Waals surface area contributed by atoms with Gasteiger partial charge < -0.3 is 10.2 Å². The zero-order valence-electron chi connectivity index (χ0n) is 21.0. The largest absolute Gasteiger partial charge is 0.354 e. The molecule has 196 valence electrons. The van der Waals surface area contributed by atoms with Gasteiger partial charge in [-0.3, -0.25) is 13.9 Å². The second kappa shape index (κ2) is 13.4. The summed E-state index contributed by atoms with van der Waals surface area (Å²) in [5.41, 5.74) is 1.18. The molecular weight excluding hydrogens is 554 g/mol. The number of unbranched alkanes of at least 4 members (excludes halogenated alkanes) is 1. The molecule has 3 aromatic rings. The minimum atomic E-state index is -4.05. The Bertz CT molecular complexity index is 1290. The summed E-state index contributed by atoms with van der Waals surface area (Å²) in [4.78, 5) is 28.3. The summed E-state index contributed by atoms with van der Waals surface area (Å²) in [5, 5.41) is 2.88. The van der Waals surface area contributed by atoms with Gasteiger partial charge in [-0.05, 0) is 55.3 Å². The third kappa shape index (κ3) is 7.66. The Balaban J connectivity index is 1.96. The number of halogens is 1. The van der Waals surface area contributed by atoms with E-state index in [1.54, 1.807) is 55.5 Å². The van der Waals surface area contributed by atoms with Gasteiger partial charge in [-0.15, -0.1) is 0 Å². The monoisotopic (exact) mass is 585 g/mol. The Morgan fingerprint density at radius 1 is 0.946 bits per heavy atom. The smallest absolute Gasteiger partial charge is 0.264 e. The molecule has 37 heavy (non-hydrogen) atoms. The number of hydrogen-bond acceptors (Lipinski definition) is 4. The molecule has 0 saturated heterocycles. The van der Waals surface area contributed by atoms with Crippen LogP contribution in [0.1, 0.15) is 32.3 Å². The van der Waals surface area contributed by atoms with Crippen LogP contribution in [0.25, 0.3) is 0 Å². The van der Waals surface area contributed by atoms with E-state index in [4.69, 9.17) is 0 Å². The number of benzene rings is 3. The minimum absolute atomic E-state index is 0.0792. The lowest BCUT2D eigenvalue weighted by Crippen LogP contribution is -2.51. The number of para-hydroxylation sites is 1. The fourth-order valence-corrected chi connectivity index (χ4v) is 5.68. The summed E-state index contributed by atoms with van der Waals surface area (Å²) in [6, 6.07) is 23.2.